The Hall–Kier alpha value is -4.78. The zero-order chi connectivity index (χ0) is 42.9. The number of alkyl carbamates (subject to hydrolysis) is 1. The molecule has 1 saturated heterocycles. The average molecular weight is 851 g/mol. The lowest BCUT2D eigenvalue weighted by atomic mass is 9.84. The van der Waals surface area contributed by atoms with Gasteiger partial charge in [-0.15, -0.1) is 11.8 Å². The monoisotopic (exact) mass is 850 g/mol. The van der Waals surface area contributed by atoms with Crippen LogP contribution in [0.1, 0.15) is 74.8 Å². The van der Waals surface area contributed by atoms with E-state index in [0.717, 1.165) is 34.2 Å². The highest BCUT2D eigenvalue weighted by Crippen LogP contribution is 2.49. The number of carboxylic acids is 1. The Labute approximate surface area is 363 Å². The Morgan fingerprint density at radius 3 is 1.92 bits per heavy atom. The number of amides is 3. The summed E-state index contributed by atoms with van der Waals surface area (Å²) in [5.41, 5.74) is 3.47. The fraction of sp³-hybridized carbons (Fsp3) is 0.417. The molecule has 3 amide bonds. The van der Waals surface area contributed by atoms with Crippen LogP contribution >= 0.6 is 23.5 Å². The Kier molecular flexibility index (Phi) is 14.7. The van der Waals surface area contributed by atoms with E-state index in [-0.39, 0.29) is 25.3 Å². The molecular formula is C48H58N4O6S2. The minimum atomic E-state index is -1.10. The number of ether oxygens (including phenoxy) is 1. The van der Waals surface area contributed by atoms with Crippen LogP contribution in [0.4, 0.5) is 4.79 Å². The van der Waals surface area contributed by atoms with Crippen molar-refractivity contribution < 1.29 is 29.0 Å². The van der Waals surface area contributed by atoms with E-state index in [0.29, 0.717) is 31.0 Å². The lowest BCUT2D eigenvalue weighted by molar-refractivity contribution is -0.151. The van der Waals surface area contributed by atoms with Crippen LogP contribution in [0.25, 0.3) is 0 Å². The zero-order valence-electron chi connectivity index (χ0n) is 35.3. The normalized spacial score (nSPS) is 19.1. The molecule has 4 aromatic carbocycles. The highest BCUT2D eigenvalue weighted by molar-refractivity contribution is 8.00. The third-order valence-corrected chi connectivity index (χ3v) is 13.8. The molecule has 318 valence electrons. The molecule has 0 unspecified atom stereocenters. The van der Waals surface area contributed by atoms with E-state index in [1.807, 2.05) is 113 Å². The molecule has 0 radical (unpaired) electrons. The summed E-state index contributed by atoms with van der Waals surface area (Å²) >= 11 is 3.25. The first-order valence-electron chi connectivity index (χ1n) is 20.7. The number of likely N-dealkylation sites (tertiary alicyclic amines) is 1. The van der Waals surface area contributed by atoms with Crippen molar-refractivity contribution in [2.75, 3.05) is 30.9 Å². The summed E-state index contributed by atoms with van der Waals surface area (Å²) in [5, 5.41) is 15.9. The lowest BCUT2D eigenvalue weighted by Crippen LogP contribution is -2.63. The number of hydrogen-bond donors (Lipinski definition) is 3. The zero-order valence-corrected chi connectivity index (χ0v) is 36.9. The van der Waals surface area contributed by atoms with Crippen LogP contribution in [0.5, 0.6) is 0 Å². The second-order valence-corrected chi connectivity index (χ2v) is 19.1. The predicted octanol–water partition coefficient (Wildman–Crippen LogP) is 7.74. The van der Waals surface area contributed by atoms with Gasteiger partial charge in [0.15, 0.2) is 0 Å². The maximum atomic E-state index is 15.2. The van der Waals surface area contributed by atoms with Crippen molar-refractivity contribution in [2.45, 2.75) is 93.9 Å². The van der Waals surface area contributed by atoms with E-state index in [9.17, 15) is 19.5 Å². The summed E-state index contributed by atoms with van der Waals surface area (Å²) in [6.45, 7) is 8.63. The molecule has 60 heavy (non-hydrogen) atoms. The van der Waals surface area contributed by atoms with Crippen LogP contribution in [-0.2, 0) is 36.8 Å². The first-order chi connectivity index (χ1) is 28.7. The number of carbonyl (C=O) groups excluding carboxylic acids is 3. The number of nitrogens with zero attached hydrogens (tertiary/aromatic N) is 2. The standard InChI is InChI=1S/C48H58N4O6S2/c1-46(2,3)58-45(57)49-39(33-60-48(36-20-9-6-10-21-36,37-22-11-7-12-23-37)38-24-13-8-14-25-38)32-51-28-17-27-47(51,4)44(56)52-31-35-19-16-15-18-34(35)30-41(52)42(53)50-40(43(54)55)26-29-59-5/h6-16,18-25,39-41H,17,26-33H2,1-5H3,(H,49,57)(H,50,53)(H,54,55)/t39-,40+,41+,47+/m1/s1. The number of rotatable bonds is 16. The second kappa shape index (κ2) is 19.7. The molecule has 4 aromatic rings. The molecule has 0 saturated carbocycles. The van der Waals surface area contributed by atoms with Gasteiger partial charge < -0.3 is 25.4 Å². The lowest BCUT2D eigenvalue weighted by Gasteiger charge is -2.44. The molecule has 2 aliphatic rings. The van der Waals surface area contributed by atoms with E-state index in [4.69, 9.17) is 4.74 Å². The van der Waals surface area contributed by atoms with Crippen molar-refractivity contribution in [1.82, 2.24) is 20.4 Å². The maximum Gasteiger partial charge on any atom is 0.407 e. The largest absolute Gasteiger partial charge is 0.480 e. The van der Waals surface area contributed by atoms with Gasteiger partial charge in [-0.25, -0.2) is 9.59 Å². The van der Waals surface area contributed by atoms with Crippen LogP contribution < -0.4 is 10.6 Å². The summed E-state index contributed by atoms with van der Waals surface area (Å²) < 4.78 is 5.17. The minimum Gasteiger partial charge on any atom is -0.480 e. The summed E-state index contributed by atoms with van der Waals surface area (Å²) in [4.78, 5) is 58.9. The highest BCUT2D eigenvalue weighted by Gasteiger charge is 2.50. The Morgan fingerprint density at radius 1 is 0.833 bits per heavy atom. The van der Waals surface area contributed by atoms with Crippen molar-refractivity contribution in [1.29, 1.82) is 0 Å². The predicted molar refractivity (Wildman–Crippen MR) is 241 cm³/mol. The molecule has 0 bridgehead atoms. The quantitative estimate of drug-likeness (QED) is 0.0971. The summed E-state index contributed by atoms with van der Waals surface area (Å²) in [6, 6.07) is 36.6. The van der Waals surface area contributed by atoms with Crippen LogP contribution in [0.3, 0.4) is 0 Å². The van der Waals surface area contributed by atoms with Crippen LogP contribution in [0.15, 0.2) is 115 Å². The van der Waals surface area contributed by atoms with E-state index in [1.54, 1.807) is 16.7 Å². The number of aliphatic carboxylic acids is 1. The Bertz CT molecular complexity index is 1990. The maximum absolute atomic E-state index is 15.2. The number of thioether (sulfide) groups is 2. The summed E-state index contributed by atoms with van der Waals surface area (Å²) in [5.74, 6) is -0.730. The van der Waals surface area contributed by atoms with Crippen molar-refractivity contribution in [3.63, 3.8) is 0 Å². The average Bonchev–Trinajstić information content (AvgIpc) is 3.62. The molecule has 3 N–H and O–H groups in total. The fourth-order valence-electron chi connectivity index (χ4n) is 8.47. The van der Waals surface area contributed by atoms with Gasteiger partial charge >= 0.3 is 12.1 Å². The van der Waals surface area contributed by atoms with Crippen LogP contribution in [-0.4, -0.2) is 98.9 Å². The van der Waals surface area contributed by atoms with Gasteiger partial charge in [-0.1, -0.05) is 115 Å². The summed E-state index contributed by atoms with van der Waals surface area (Å²) in [7, 11) is 0. The number of carbonyl (C=O) groups is 4. The molecule has 1 fully saturated rings. The fourth-order valence-corrected chi connectivity index (χ4v) is 10.5. The van der Waals surface area contributed by atoms with Crippen LogP contribution in [0, 0.1) is 0 Å². The smallest absolute Gasteiger partial charge is 0.407 e. The van der Waals surface area contributed by atoms with E-state index < -0.39 is 52.0 Å². The SMILES string of the molecule is CSCC[C@H](NC(=O)[C@@H]1Cc2ccccc2CN1C(=O)[C@]1(C)CCCN1C[C@H](CSC(c1ccccc1)(c1ccccc1)c1ccccc1)NC(=O)OC(C)(C)C)C(=O)O. The molecule has 12 heteroatoms. The molecule has 0 aliphatic carbocycles. The van der Waals surface area contributed by atoms with E-state index >= 15 is 4.79 Å². The molecule has 6 rings (SSSR count). The highest BCUT2D eigenvalue weighted by atomic mass is 32.2. The van der Waals surface area contributed by atoms with Gasteiger partial charge in [0, 0.05) is 25.3 Å². The topological polar surface area (TPSA) is 128 Å². The number of fused-ring (bicyclic) bond motifs is 1. The molecular weight excluding hydrogens is 793 g/mol. The molecule has 0 aromatic heterocycles. The van der Waals surface area contributed by atoms with Gasteiger partial charge in [0.25, 0.3) is 0 Å². The van der Waals surface area contributed by atoms with E-state index in [2.05, 4.69) is 51.9 Å². The molecule has 0 spiro atoms. The molecule has 2 aliphatic heterocycles. The third-order valence-electron chi connectivity index (χ3n) is 11.5. The van der Waals surface area contributed by atoms with Crippen molar-refractivity contribution in [3.05, 3.63) is 143 Å². The number of nitrogens with one attached hydrogen (secondary N) is 2. The van der Waals surface area contributed by atoms with E-state index in [1.165, 1.54) is 11.8 Å². The third kappa shape index (κ3) is 10.4. The molecule has 10 nitrogen and oxygen atoms in total. The van der Waals surface area contributed by atoms with Crippen molar-refractivity contribution in [2.24, 2.45) is 0 Å². The minimum absolute atomic E-state index is 0.193. The van der Waals surface area contributed by atoms with Gasteiger partial charge in [0.05, 0.1) is 16.3 Å². The first kappa shape index (κ1) is 44.8. The number of hydrogen-bond acceptors (Lipinski definition) is 8. The van der Waals surface area contributed by atoms with Crippen molar-refractivity contribution >= 4 is 47.4 Å². The van der Waals surface area contributed by atoms with Gasteiger partial charge in [-0.05, 0) is 93.3 Å². The van der Waals surface area contributed by atoms with Crippen molar-refractivity contribution in [3.8, 4) is 0 Å². The second-order valence-electron chi connectivity index (χ2n) is 16.9. The Morgan fingerprint density at radius 2 is 1.38 bits per heavy atom. The van der Waals surface area contributed by atoms with Crippen LogP contribution in [0.2, 0.25) is 0 Å². The number of carboxylic acid groups (broad SMARTS) is 1. The summed E-state index contributed by atoms with van der Waals surface area (Å²) in [6.07, 6.45) is 3.20. The van der Waals surface area contributed by atoms with Gasteiger partial charge in [-0.3, -0.25) is 14.5 Å². The number of benzene rings is 4. The van der Waals surface area contributed by atoms with Gasteiger partial charge in [-0.2, -0.15) is 11.8 Å². The van der Waals surface area contributed by atoms with Gasteiger partial charge in [0.1, 0.15) is 17.7 Å². The first-order valence-corrected chi connectivity index (χ1v) is 23.1. The molecule has 4 atom stereocenters. The Balaban J connectivity index is 1.33. The molecule has 2 heterocycles. The van der Waals surface area contributed by atoms with Gasteiger partial charge in [0.2, 0.25) is 11.8 Å².